The fourth-order valence-electron chi connectivity index (χ4n) is 4.14. The zero-order chi connectivity index (χ0) is 22.1. The first-order valence-corrected chi connectivity index (χ1v) is 10.9. The van der Waals surface area contributed by atoms with Gasteiger partial charge in [0.1, 0.15) is 17.3 Å². The monoisotopic (exact) mass is 447 g/mol. The van der Waals surface area contributed by atoms with E-state index in [0.717, 1.165) is 23.5 Å². The molecule has 1 saturated heterocycles. The molecule has 1 aliphatic heterocycles. The van der Waals surface area contributed by atoms with Gasteiger partial charge in [0.2, 0.25) is 0 Å². The molecule has 9 heteroatoms. The van der Waals surface area contributed by atoms with Gasteiger partial charge in [0, 0.05) is 50.1 Å². The van der Waals surface area contributed by atoms with Gasteiger partial charge in [-0.1, -0.05) is 41.9 Å². The van der Waals surface area contributed by atoms with Crippen molar-refractivity contribution >= 4 is 29.1 Å². The molecule has 4 aromatic rings. The molecule has 1 fully saturated rings. The summed E-state index contributed by atoms with van der Waals surface area (Å²) in [5.41, 5.74) is 3.69. The van der Waals surface area contributed by atoms with Crippen molar-refractivity contribution in [2.45, 2.75) is 13.3 Å². The van der Waals surface area contributed by atoms with Crippen LogP contribution in [0.5, 0.6) is 0 Å². The molecule has 1 aromatic carbocycles. The number of hydrogen-bond acceptors (Lipinski definition) is 6. The van der Waals surface area contributed by atoms with Crippen molar-refractivity contribution in [3.05, 3.63) is 82.5 Å². The van der Waals surface area contributed by atoms with E-state index >= 15 is 0 Å². The predicted molar refractivity (Wildman–Crippen MR) is 122 cm³/mol. The van der Waals surface area contributed by atoms with Crippen LogP contribution in [-0.4, -0.2) is 61.6 Å². The van der Waals surface area contributed by atoms with E-state index in [4.69, 9.17) is 11.6 Å². The first-order chi connectivity index (χ1) is 15.6. The SMILES string of the molecule is Cc1nc2ncnn2c(N2CCN(C(=O)c3cccnc3Cl)CC2)c1Cc1ccccc1. The minimum Gasteiger partial charge on any atom is -0.353 e. The lowest BCUT2D eigenvalue weighted by molar-refractivity contribution is 0.0746. The molecule has 5 rings (SSSR count). The molecule has 8 nitrogen and oxygen atoms in total. The average Bonchev–Trinajstić information content (AvgIpc) is 3.28. The van der Waals surface area contributed by atoms with Gasteiger partial charge in [-0.3, -0.25) is 4.79 Å². The van der Waals surface area contributed by atoms with Gasteiger partial charge in [-0.2, -0.15) is 14.6 Å². The zero-order valence-electron chi connectivity index (χ0n) is 17.6. The summed E-state index contributed by atoms with van der Waals surface area (Å²) in [5, 5.41) is 4.68. The molecule has 0 saturated carbocycles. The molecular weight excluding hydrogens is 426 g/mol. The zero-order valence-corrected chi connectivity index (χ0v) is 18.4. The number of carbonyl (C=O) groups is 1. The van der Waals surface area contributed by atoms with Crippen LogP contribution in [0.1, 0.15) is 27.2 Å². The van der Waals surface area contributed by atoms with Crippen LogP contribution in [0, 0.1) is 6.92 Å². The minimum absolute atomic E-state index is 0.0935. The topological polar surface area (TPSA) is 79.5 Å². The smallest absolute Gasteiger partial charge is 0.257 e. The van der Waals surface area contributed by atoms with Crippen LogP contribution in [0.15, 0.2) is 55.0 Å². The summed E-state index contributed by atoms with van der Waals surface area (Å²) >= 11 is 6.14. The van der Waals surface area contributed by atoms with Gasteiger partial charge < -0.3 is 9.80 Å². The van der Waals surface area contributed by atoms with Crippen molar-refractivity contribution in [1.82, 2.24) is 29.5 Å². The number of hydrogen-bond donors (Lipinski definition) is 0. The lowest BCUT2D eigenvalue weighted by Crippen LogP contribution is -2.49. The van der Waals surface area contributed by atoms with Crippen LogP contribution >= 0.6 is 11.6 Å². The second-order valence-electron chi connectivity index (χ2n) is 7.75. The second-order valence-corrected chi connectivity index (χ2v) is 8.11. The van der Waals surface area contributed by atoms with E-state index in [1.807, 2.05) is 30.0 Å². The molecule has 0 spiro atoms. The van der Waals surface area contributed by atoms with E-state index in [1.54, 1.807) is 22.8 Å². The summed E-state index contributed by atoms with van der Waals surface area (Å²) in [6, 6.07) is 13.8. The number of amides is 1. The van der Waals surface area contributed by atoms with Gasteiger partial charge in [0.15, 0.2) is 0 Å². The molecule has 3 aromatic heterocycles. The largest absolute Gasteiger partial charge is 0.353 e. The lowest BCUT2D eigenvalue weighted by atomic mass is 10.0. The van der Waals surface area contributed by atoms with Crippen molar-refractivity contribution in [3.63, 3.8) is 0 Å². The van der Waals surface area contributed by atoms with E-state index in [0.29, 0.717) is 37.5 Å². The summed E-state index contributed by atoms with van der Waals surface area (Å²) < 4.78 is 1.81. The number of pyridine rings is 1. The third kappa shape index (κ3) is 3.78. The van der Waals surface area contributed by atoms with Gasteiger partial charge in [-0.05, 0) is 24.6 Å². The highest BCUT2D eigenvalue weighted by molar-refractivity contribution is 6.32. The molecule has 32 heavy (non-hydrogen) atoms. The number of anilines is 1. The summed E-state index contributed by atoms with van der Waals surface area (Å²) in [4.78, 5) is 30.0. The standard InChI is InChI=1S/C23H22ClN7O/c1-16-19(14-17-6-3-2-4-7-17)21(31-23(28-16)26-15-27-31)29-10-12-30(13-11-29)22(32)18-8-5-9-25-20(18)24/h2-9,15H,10-14H2,1H3. The molecule has 0 aliphatic carbocycles. The van der Waals surface area contributed by atoms with Crippen LogP contribution in [0.2, 0.25) is 5.15 Å². The van der Waals surface area contributed by atoms with Gasteiger partial charge in [-0.15, -0.1) is 0 Å². The highest BCUT2D eigenvalue weighted by Gasteiger charge is 2.27. The maximum absolute atomic E-state index is 12.9. The summed E-state index contributed by atoms with van der Waals surface area (Å²) in [6.45, 7) is 4.51. The molecule has 1 aliphatic rings. The predicted octanol–water partition coefficient (Wildman–Crippen LogP) is 3.03. The average molecular weight is 448 g/mol. The Morgan fingerprint density at radius 2 is 1.81 bits per heavy atom. The first kappa shape index (κ1) is 20.4. The highest BCUT2D eigenvalue weighted by Crippen LogP contribution is 2.27. The number of fused-ring (bicyclic) bond motifs is 1. The van der Waals surface area contributed by atoms with Crippen molar-refractivity contribution < 1.29 is 4.79 Å². The van der Waals surface area contributed by atoms with Crippen LogP contribution in [-0.2, 0) is 6.42 Å². The Hall–Kier alpha value is -3.52. The number of halogens is 1. The van der Waals surface area contributed by atoms with Gasteiger partial charge in [0.05, 0.1) is 5.56 Å². The normalized spacial score (nSPS) is 14.2. The number of carbonyl (C=O) groups excluding carboxylic acids is 1. The van der Waals surface area contributed by atoms with Crippen LogP contribution < -0.4 is 4.90 Å². The maximum atomic E-state index is 12.9. The lowest BCUT2D eigenvalue weighted by Gasteiger charge is -2.37. The Bertz CT molecular complexity index is 1270. The van der Waals surface area contributed by atoms with Crippen LogP contribution in [0.25, 0.3) is 5.78 Å². The van der Waals surface area contributed by atoms with E-state index in [9.17, 15) is 4.79 Å². The van der Waals surface area contributed by atoms with Crippen molar-refractivity contribution in [2.75, 3.05) is 31.1 Å². The highest BCUT2D eigenvalue weighted by atomic mass is 35.5. The molecule has 4 heterocycles. The van der Waals surface area contributed by atoms with E-state index in [2.05, 4.69) is 37.1 Å². The van der Waals surface area contributed by atoms with Crippen LogP contribution in [0.3, 0.4) is 0 Å². The van der Waals surface area contributed by atoms with Crippen molar-refractivity contribution in [1.29, 1.82) is 0 Å². The summed E-state index contributed by atoms with van der Waals surface area (Å²) in [7, 11) is 0. The number of aryl methyl sites for hydroxylation is 1. The maximum Gasteiger partial charge on any atom is 0.257 e. The molecule has 0 bridgehead atoms. The summed E-state index contributed by atoms with van der Waals surface area (Å²) in [5.74, 6) is 1.47. The third-order valence-electron chi connectivity index (χ3n) is 5.78. The molecule has 0 radical (unpaired) electrons. The van der Waals surface area contributed by atoms with Crippen molar-refractivity contribution in [3.8, 4) is 0 Å². The van der Waals surface area contributed by atoms with Crippen molar-refractivity contribution in [2.24, 2.45) is 0 Å². The van der Waals surface area contributed by atoms with E-state index < -0.39 is 0 Å². The Kier molecular flexibility index (Phi) is 5.45. The summed E-state index contributed by atoms with van der Waals surface area (Å²) in [6.07, 6.45) is 3.86. The number of piperazine rings is 1. The number of benzene rings is 1. The Morgan fingerprint density at radius 1 is 1.03 bits per heavy atom. The molecule has 0 atom stereocenters. The van der Waals surface area contributed by atoms with Crippen LogP contribution in [0.4, 0.5) is 5.82 Å². The fourth-order valence-corrected chi connectivity index (χ4v) is 4.34. The molecule has 162 valence electrons. The fraction of sp³-hybridized carbons (Fsp3) is 0.261. The number of nitrogens with zero attached hydrogens (tertiary/aromatic N) is 7. The number of rotatable bonds is 4. The number of aromatic nitrogens is 5. The molecule has 1 amide bonds. The van der Waals surface area contributed by atoms with E-state index in [-0.39, 0.29) is 11.1 Å². The third-order valence-corrected chi connectivity index (χ3v) is 6.09. The minimum atomic E-state index is -0.0935. The molecule has 0 unspecified atom stereocenters. The Morgan fingerprint density at radius 3 is 2.56 bits per heavy atom. The van der Waals surface area contributed by atoms with E-state index in [1.165, 1.54) is 11.9 Å². The van der Waals surface area contributed by atoms with Gasteiger partial charge in [0.25, 0.3) is 11.7 Å². The second kappa shape index (κ2) is 8.55. The first-order valence-electron chi connectivity index (χ1n) is 10.5. The molecular formula is C23H22ClN7O. The van der Waals surface area contributed by atoms with Gasteiger partial charge >= 0.3 is 0 Å². The quantitative estimate of drug-likeness (QED) is 0.447. The Balaban J connectivity index is 1.44. The van der Waals surface area contributed by atoms with Gasteiger partial charge in [-0.25, -0.2) is 9.97 Å². The Labute approximate surface area is 190 Å². The molecule has 0 N–H and O–H groups in total.